The molecule has 1 aliphatic rings. The van der Waals surface area contributed by atoms with Crippen LogP contribution in [0.3, 0.4) is 0 Å². The van der Waals surface area contributed by atoms with E-state index in [2.05, 4.69) is 24.1 Å². The third kappa shape index (κ3) is 14.4. The van der Waals surface area contributed by atoms with Crippen LogP contribution >= 0.6 is 0 Å². The fraction of sp³-hybridized carbons (Fsp3) is 0.833. The summed E-state index contributed by atoms with van der Waals surface area (Å²) >= 11 is 0. The maximum absolute atomic E-state index is 12.8. The zero-order valence-electron chi connectivity index (χ0n) is 21.3. The number of aliphatic imine (C=N–C) groups is 1. The van der Waals surface area contributed by atoms with Crippen LogP contribution in [0.1, 0.15) is 84.0 Å². The quantitative estimate of drug-likeness (QED) is 0.0775. The Morgan fingerprint density at radius 3 is 2.24 bits per heavy atom. The molecule has 0 saturated heterocycles. The van der Waals surface area contributed by atoms with Gasteiger partial charge in [0.25, 0.3) is 5.84 Å². The van der Waals surface area contributed by atoms with Crippen molar-refractivity contribution in [1.82, 2.24) is 0 Å². The van der Waals surface area contributed by atoms with Crippen LogP contribution in [0.4, 0.5) is 0 Å². The second kappa shape index (κ2) is 19.0. The summed E-state index contributed by atoms with van der Waals surface area (Å²) in [4.78, 5) is 17.1. The molecule has 1 rings (SSSR count). The first kappa shape index (κ1) is 33.9. The molecular formula is C24H44N2NaO6S+. The summed E-state index contributed by atoms with van der Waals surface area (Å²) in [6.45, 7) is 2.83. The predicted molar refractivity (Wildman–Crippen MR) is 130 cm³/mol. The first-order valence-corrected chi connectivity index (χ1v) is 14.1. The zero-order valence-corrected chi connectivity index (χ0v) is 24.1. The summed E-state index contributed by atoms with van der Waals surface area (Å²) < 4.78 is 32.8. The number of ketones is 1. The molecule has 1 aliphatic heterocycles. The number of unbranched alkanes of at least 4 members (excludes halogenated alkanes) is 9. The number of quaternary nitrogens is 1. The molecule has 0 amide bonds. The van der Waals surface area contributed by atoms with Crippen molar-refractivity contribution in [3.63, 3.8) is 0 Å². The molecule has 0 aromatic carbocycles. The number of rotatable bonds is 20. The Bertz CT molecular complexity index is 729. The van der Waals surface area contributed by atoms with E-state index in [-0.39, 0.29) is 65.4 Å². The maximum atomic E-state index is 12.8. The first-order valence-electron chi connectivity index (χ1n) is 12.6. The van der Waals surface area contributed by atoms with E-state index in [1.54, 1.807) is 0 Å². The standard InChI is InChI=1S/C24H44N2O6S.Na/c1-2-3-4-5-6-7-8-9-10-11-12-13-14-15-23(29)24-25-16-17-26(24,18-19-27)20-22(28)21-33(30,31)32;/h8-9,22,27-28H,2-7,10-21H2,1H3;/q;+1/b9-8+;. The summed E-state index contributed by atoms with van der Waals surface area (Å²) in [5.74, 6) is -0.748. The molecule has 0 aliphatic carbocycles. The van der Waals surface area contributed by atoms with E-state index >= 15 is 0 Å². The number of hydrogen-bond acceptors (Lipinski definition) is 7. The Hall–Kier alpha value is -0.130. The number of aliphatic hydroxyl groups excluding tert-OH is 2. The van der Waals surface area contributed by atoms with Crippen molar-refractivity contribution >= 4 is 21.7 Å². The molecule has 1 heterocycles. The Morgan fingerprint density at radius 2 is 1.68 bits per heavy atom. The monoisotopic (exact) mass is 511 g/mol. The van der Waals surface area contributed by atoms with E-state index in [9.17, 15) is 28.0 Å². The van der Waals surface area contributed by atoms with Crippen LogP contribution < -0.4 is 29.6 Å². The molecule has 0 spiro atoms. The normalized spacial score (nSPS) is 19.2. The molecule has 2 N–H and O–H groups in total. The second-order valence-electron chi connectivity index (χ2n) is 9.13. The molecule has 0 radical (unpaired) electrons. The van der Waals surface area contributed by atoms with E-state index in [1.807, 2.05) is 0 Å². The Balaban J connectivity index is 0.0000109. The van der Waals surface area contributed by atoms with Crippen molar-refractivity contribution in [2.24, 2.45) is 4.99 Å². The van der Waals surface area contributed by atoms with Gasteiger partial charge in [0, 0.05) is 6.42 Å². The maximum Gasteiger partial charge on any atom is 1.00 e. The van der Waals surface area contributed by atoms with E-state index < -0.39 is 22.0 Å². The molecule has 0 aromatic heterocycles. The van der Waals surface area contributed by atoms with Crippen molar-refractivity contribution in [3.8, 4) is 0 Å². The summed E-state index contributed by atoms with van der Waals surface area (Å²) in [5.41, 5.74) is 0. The molecule has 192 valence electrons. The van der Waals surface area contributed by atoms with Gasteiger partial charge in [0.15, 0.2) is 0 Å². The van der Waals surface area contributed by atoms with Gasteiger partial charge in [0.1, 0.15) is 25.7 Å². The Morgan fingerprint density at radius 1 is 1.09 bits per heavy atom. The number of aliphatic hydroxyl groups is 2. The summed E-state index contributed by atoms with van der Waals surface area (Å²) in [6, 6.07) is 0. The van der Waals surface area contributed by atoms with Gasteiger partial charge in [-0.3, -0.25) is 9.28 Å². The predicted octanol–water partition coefficient (Wildman–Crippen LogP) is -0.0559. The van der Waals surface area contributed by atoms with Crippen LogP contribution in [0.2, 0.25) is 0 Å². The van der Waals surface area contributed by atoms with Gasteiger partial charge in [-0.1, -0.05) is 57.6 Å². The number of allylic oxidation sites excluding steroid dienone is 2. The summed E-state index contributed by atoms with van der Waals surface area (Å²) in [5, 5.41) is 19.6. The molecular weight excluding hydrogens is 467 g/mol. The van der Waals surface area contributed by atoms with Gasteiger partial charge in [0.05, 0.1) is 29.0 Å². The van der Waals surface area contributed by atoms with E-state index in [0.717, 1.165) is 38.5 Å². The number of amidine groups is 1. The van der Waals surface area contributed by atoms with Crippen molar-refractivity contribution in [3.05, 3.63) is 12.2 Å². The minimum Gasteiger partial charge on any atom is -0.748 e. The van der Waals surface area contributed by atoms with Gasteiger partial charge in [-0.25, -0.2) is 13.4 Å². The molecule has 2 unspecified atom stereocenters. The fourth-order valence-electron chi connectivity index (χ4n) is 4.44. The van der Waals surface area contributed by atoms with Crippen LogP contribution in [0, 0.1) is 0 Å². The van der Waals surface area contributed by atoms with E-state index in [4.69, 9.17) is 0 Å². The summed E-state index contributed by atoms with van der Waals surface area (Å²) in [6.07, 6.45) is 16.0. The Labute approximate surface area is 228 Å². The molecule has 0 bridgehead atoms. The average Bonchev–Trinajstić information content (AvgIpc) is 3.13. The van der Waals surface area contributed by atoms with Gasteiger partial charge >= 0.3 is 29.6 Å². The van der Waals surface area contributed by atoms with Crippen molar-refractivity contribution in [2.45, 2.75) is 90.1 Å². The number of Topliss-reactive ketones (excluding diaryl/α,β-unsaturated/α-hetero) is 1. The number of carbonyl (C=O) groups is 1. The zero-order chi connectivity index (χ0) is 24.6. The van der Waals surface area contributed by atoms with Crippen molar-refractivity contribution in [1.29, 1.82) is 0 Å². The molecule has 0 saturated carbocycles. The van der Waals surface area contributed by atoms with Crippen LogP contribution in [-0.2, 0) is 14.9 Å². The first-order chi connectivity index (χ1) is 15.7. The molecule has 2 atom stereocenters. The average molecular weight is 512 g/mol. The molecule has 34 heavy (non-hydrogen) atoms. The second-order valence-corrected chi connectivity index (χ2v) is 10.6. The SMILES string of the molecule is CCCCCCC/C=C/CCCCCCC(=O)C1=NCC[N+]1(CCO)CC(O)CS(=O)(=O)[O-].[Na+]. The topological polar surface area (TPSA) is 127 Å². The van der Waals surface area contributed by atoms with Crippen molar-refractivity contribution < 1.29 is 62.0 Å². The number of nitrogens with zero attached hydrogens (tertiary/aromatic N) is 2. The number of hydrogen-bond donors (Lipinski definition) is 2. The van der Waals surface area contributed by atoms with E-state index in [1.165, 1.54) is 32.1 Å². The number of carbonyl (C=O) groups excluding carboxylic acids is 1. The van der Waals surface area contributed by atoms with Gasteiger partial charge < -0.3 is 14.8 Å². The smallest absolute Gasteiger partial charge is 0.748 e. The van der Waals surface area contributed by atoms with Crippen LogP contribution in [0.15, 0.2) is 17.1 Å². The fourth-order valence-corrected chi connectivity index (χ4v) is 5.02. The van der Waals surface area contributed by atoms with Crippen LogP contribution in [0.5, 0.6) is 0 Å². The van der Waals surface area contributed by atoms with Gasteiger partial charge in [0.2, 0.25) is 5.78 Å². The Kier molecular flexibility index (Phi) is 19.0. The van der Waals surface area contributed by atoms with Gasteiger partial charge in [-0.15, -0.1) is 0 Å². The molecule has 10 heteroatoms. The molecule has 0 fully saturated rings. The van der Waals surface area contributed by atoms with Crippen LogP contribution in [0.25, 0.3) is 0 Å². The minimum atomic E-state index is -4.58. The van der Waals surface area contributed by atoms with Crippen LogP contribution in [-0.4, -0.2) is 83.9 Å². The minimum absolute atomic E-state index is 0. The molecule has 8 nitrogen and oxygen atoms in total. The van der Waals surface area contributed by atoms with Gasteiger partial charge in [-0.05, 0) is 32.1 Å². The molecule has 0 aromatic rings. The largest absolute Gasteiger partial charge is 1.00 e. The van der Waals surface area contributed by atoms with Crippen molar-refractivity contribution in [2.75, 3.05) is 38.5 Å². The third-order valence-corrected chi connectivity index (χ3v) is 6.93. The van der Waals surface area contributed by atoms with E-state index in [0.29, 0.717) is 19.5 Å². The van der Waals surface area contributed by atoms with Gasteiger partial charge in [-0.2, -0.15) is 0 Å². The third-order valence-electron chi connectivity index (χ3n) is 6.14. The summed E-state index contributed by atoms with van der Waals surface area (Å²) in [7, 11) is -4.58.